The fourth-order valence-corrected chi connectivity index (χ4v) is 5.32. The van der Waals surface area contributed by atoms with Crippen molar-refractivity contribution >= 4 is 22.6 Å². The maximum Gasteiger partial charge on any atom is 0.340 e. The summed E-state index contributed by atoms with van der Waals surface area (Å²) in [6.45, 7) is 2.50. The van der Waals surface area contributed by atoms with Crippen molar-refractivity contribution in [2.24, 2.45) is 5.73 Å². The molecule has 3 N–H and O–H groups in total. The lowest BCUT2D eigenvalue weighted by atomic mass is 10.0. The van der Waals surface area contributed by atoms with Gasteiger partial charge in [0, 0.05) is 55.0 Å². The molecular formula is C32H32F4N6O2. The van der Waals surface area contributed by atoms with Crippen molar-refractivity contribution in [3.8, 4) is 22.9 Å². The number of carbonyl (C=O) groups is 1. The molecule has 230 valence electrons. The Morgan fingerprint density at radius 2 is 1.82 bits per heavy atom. The van der Waals surface area contributed by atoms with Gasteiger partial charge in [0.15, 0.2) is 6.61 Å². The number of aromatic amines is 1. The smallest absolute Gasteiger partial charge is 0.340 e. The molecule has 2 aromatic heterocycles. The minimum atomic E-state index is -4.25. The summed E-state index contributed by atoms with van der Waals surface area (Å²) < 4.78 is 55.9. The predicted octanol–water partition coefficient (Wildman–Crippen LogP) is 5.62. The number of pyridine rings is 1. The number of primary amides is 1. The van der Waals surface area contributed by atoms with Crippen LogP contribution in [0, 0.1) is 11.3 Å². The highest BCUT2D eigenvalue weighted by Gasteiger charge is 2.41. The molecule has 8 nitrogen and oxygen atoms in total. The molecule has 0 aliphatic carbocycles. The van der Waals surface area contributed by atoms with E-state index in [1.807, 2.05) is 29.3 Å². The summed E-state index contributed by atoms with van der Waals surface area (Å²) in [6, 6.07) is 15.4. The standard InChI is InChI=1S/C32H32F4N6O2/c33-31(34)32(35,36)20-44-25-7-5-22(6-8-25)24-16-27(29(38)43)30(40-19-24)42-13-11-41(12-14-42)10-2-1-3-23-18-39-28-9-4-21(17-37)15-26(23)28/h4-9,15-16,18-19,31,39H,1-3,10-14,20H2,(H2,38,43). The van der Waals surface area contributed by atoms with Gasteiger partial charge in [-0.3, -0.25) is 9.69 Å². The Morgan fingerprint density at radius 1 is 1.07 bits per heavy atom. The zero-order chi connectivity index (χ0) is 31.3. The number of nitrogens with zero attached hydrogens (tertiary/aromatic N) is 4. The minimum Gasteiger partial charge on any atom is -0.487 e. The van der Waals surface area contributed by atoms with Crippen LogP contribution in [-0.4, -0.2) is 72.5 Å². The Labute approximate surface area is 252 Å². The van der Waals surface area contributed by atoms with E-state index >= 15 is 0 Å². The molecule has 0 atom stereocenters. The molecule has 1 aliphatic heterocycles. The van der Waals surface area contributed by atoms with E-state index < -0.39 is 24.9 Å². The van der Waals surface area contributed by atoms with E-state index in [-0.39, 0.29) is 11.3 Å². The van der Waals surface area contributed by atoms with Crippen LogP contribution in [0.1, 0.15) is 34.3 Å². The topological polar surface area (TPSA) is 111 Å². The number of hydrogen-bond acceptors (Lipinski definition) is 6. The number of nitrogens with two attached hydrogens (primary N) is 1. The number of halogens is 4. The van der Waals surface area contributed by atoms with Gasteiger partial charge >= 0.3 is 12.3 Å². The largest absolute Gasteiger partial charge is 0.487 e. The number of unbranched alkanes of at least 4 members (excludes halogenated alkanes) is 1. The third-order valence-electron chi connectivity index (χ3n) is 7.81. The second-order valence-corrected chi connectivity index (χ2v) is 10.8. The predicted molar refractivity (Wildman–Crippen MR) is 159 cm³/mol. The van der Waals surface area contributed by atoms with Gasteiger partial charge in [0.2, 0.25) is 0 Å². The lowest BCUT2D eigenvalue weighted by Gasteiger charge is -2.36. The second kappa shape index (κ2) is 13.3. The second-order valence-electron chi connectivity index (χ2n) is 10.8. The summed E-state index contributed by atoms with van der Waals surface area (Å²) >= 11 is 0. The Bertz CT molecular complexity index is 1640. The first-order valence-corrected chi connectivity index (χ1v) is 14.3. The molecule has 1 saturated heterocycles. The molecule has 3 heterocycles. The van der Waals surface area contributed by atoms with Crippen LogP contribution in [0.25, 0.3) is 22.0 Å². The molecule has 12 heteroatoms. The van der Waals surface area contributed by atoms with Crippen molar-refractivity contribution in [2.75, 3.05) is 44.2 Å². The van der Waals surface area contributed by atoms with Crippen molar-refractivity contribution in [1.29, 1.82) is 5.26 Å². The molecule has 0 spiro atoms. The number of piperazine rings is 1. The van der Waals surface area contributed by atoms with Gasteiger partial charge in [0.25, 0.3) is 5.91 Å². The summed E-state index contributed by atoms with van der Waals surface area (Å²) in [7, 11) is 0. The van der Waals surface area contributed by atoms with Gasteiger partial charge in [0.1, 0.15) is 11.6 Å². The highest BCUT2D eigenvalue weighted by molar-refractivity contribution is 5.99. The fourth-order valence-electron chi connectivity index (χ4n) is 5.32. The van der Waals surface area contributed by atoms with Crippen molar-refractivity contribution in [2.45, 2.75) is 31.6 Å². The molecule has 0 saturated carbocycles. The van der Waals surface area contributed by atoms with Crippen LogP contribution in [0.4, 0.5) is 23.4 Å². The number of rotatable bonds is 12. The highest BCUT2D eigenvalue weighted by atomic mass is 19.3. The van der Waals surface area contributed by atoms with Crippen molar-refractivity contribution in [1.82, 2.24) is 14.9 Å². The van der Waals surface area contributed by atoms with Gasteiger partial charge in [-0.15, -0.1) is 0 Å². The van der Waals surface area contributed by atoms with E-state index in [1.165, 1.54) is 17.7 Å². The van der Waals surface area contributed by atoms with Gasteiger partial charge in [-0.1, -0.05) is 12.1 Å². The van der Waals surface area contributed by atoms with Crippen molar-refractivity contribution in [3.05, 3.63) is 77.6 Å². The third kappa shape index (κ3) is 7.11. The SMILES string of the molecule is N#Cc1ccc2[nH]cc(CCCCN3CCN(c4ncc(-c5ccc(OCC(F)(F)C(F)F)cc5)cc4C(N)=O)CC3)c2c1. The number of nitriles is 1. The summed E-state index contributed by atoms with van der Waals surface area (Å²) in [4.78, 5) is 24.6. The average Bonchev–Trinajstić information content (AvgIpc) is 3.44. The first-order chi connectivity index (χ1) is 21.1. The number of aromatic nitrogens is 2. The molecular weight excluding hydrogens is 576 g/mol. The number of hydrogen-bond donors (Lipinski definition) is 2. The molecule has 44 heavy (non-hydrogen) atoms. The first-order valence-electron chi connectivity index (χ1n) is 14.3. The number of carbonyl (C=O) groups excluding carboxylic acids is 1. The molecule has 1 fully saturated rings. The summed E-state index contributed by atoms with van der Waals surface area (Å²) in [5, 5.41) is 10.3. The Morgan fingerprint density at radius 3 is 2.50 bits per heavy atom. The normalized spacial score (nSPS) is 14.2. The van der Waals surface area contributed by atoms with Crippen LogP contribution >= 0.6 is 0 Å². The van der Waals surface area contributed by atoms with E-state index in [1.54, 1.807) is 24.4 Å². The fraction of sp³-hybridized carbons (Fsp3) is 0.344. The van der Waals surface area contributed by atoms with Crippen molar-refractivity contribution < 1.29 is 27.1 Å². The molecule has 2 aromatic carbocycles. The van der Waals surface area contributed by atoms with Crippen LogP contribution in [0.2, 0.25) is 0 Å². The zero-order valence-electron chi connectivity index (χ0n) is 23.9. The van der Waals surface area contributed by atoms with E-state index in [2.05, 4.69) is 20.9 Å². The van der Waals surface area contributed by atoms with Gasteiger partial charge in [-0.05, 0) is 73.3 Å². The number of nitrogens with one attached hydrogen (secondary N) is 1. The van der Waals surface area contributed by atoms with Gasteiger partial charge in [0.05, 0.1) is 17.2 Å². The van der Waals surface area contributed by atoms with Crippen LogP contribution in [-0.2, 0) is 6.42 Å². The minimum absolute atomic E-state index is 0.0128. The molecule has 1 aliphatic rings. The van der Waals surface area contributed by atoms with E-state index in [4.69, 9.17) is 10.5 Å². The third-order valence-corrected chi connectivity index (χ3v) is 7.81. The number of ether oxygens (including phenoxy) is 1. The van der Waals surface area contributed by atoms with Gasteiger partial charge < -0.3 is 20.4 Å². The molecule has 0 radical (unpaired) electrons. The number of aryl methyl sites for hydroxylation is 1. The number of alkyl halides is 4. The Hall–Kier alpha value is -4.63. The average molecular weight is 609 g/mol. The van der Waals surface area contributed by atoms with Crippen molar-refractivity contribution in [3.63, 3.8) is 0 Å². The lowest BCUT2D eigenvalue weighted by molar-refractivity contribution is -0.148. The van der Waals surface area contributed by atoms with Crippen LogP contribution in [0.15, 0.2) is 60.9 Å². The number of amides is 1. The number of anilines is 1. The van der Waals surface area contributed by atoms with E-state index in [9.17, 15) is 27.6 Å². The maximum absolute atomic E-state index is 13.1. The number of fused-ring (bicyclic) bond motifs is 1. The van der Waals surface area contributed by atoms with Crippen LogP contribution in [0.5, 0.6) is 5.75 Å². The Kier molecular flexibility index (Phi) is 9.35. The summed E-state index contributed by atoms with van der Waals surface area (Å²) in [6.07, 6.45) is 2.80. The van der Waals surface area contributed by atoms with Gasteiger partial charge in [-0.2, -0.15) is 14.0 Å². The molecule has 5 rings (SSSR count). The molecule has 4 aromatic rings. The highest BCUT2D eigenvalue weighted by Crippen LogP contribution is 2.29. The molecule has 0 unspecified atom stereocenters. The first kappa shape index (κ1) is 30.8. The zero-order valence-corrected chi connectivity index (χ0v) is 23.9. The Balaban J connectivity index is 1.14. The lowest BCUT2D eigenvalue weighted by Crippen LogP contribution is -2.47. The van der Waals surface area contributed by atoms with E-state index in [0.717, 1.165) is 49.8 Å². The van der Waals surface area contributed by atoms with Crippen LogP contribution < -0.4 is 15.4 Å². The number of benzene rings is 2. The quantitative estimate of drug-likeness (QED) is 0.160. The van der Waals surface area contributed by atoms with Gasteiger partial charge in [-0.25, -0.2) is 13.8 Å². The summed E-state index contributed by atoms with van der Waals surface area (Å²) in [5.41, 5.74) is 10.1. The number of H-pyrrole nitrogens is 1. The molecule has 0 bridgehead atoms. The maximum atomic E-state index is 13.1. The van der Waals surface area contributed by atoms with Crippen LogP contribution in [0.3, 0.4) is 0 Å². The summed E-state index contributed by atoms with van der Waals surface area (Å²) in [5.74, 6) is -4.35. The van der Waals surface area contributed by atoms with E-state index in [0.29, 0.717) is 35.6 Å². The molecule has 1 amide bonds. The monoisotopic (exact) mass is 608 g/mol.